The van der Waals surface area contributed by atoms with Gasteiger partial charge in [0, 0.05) is 18.9 Å². The predicted molar refractivity (Wildman–Crippen MR) is 72.0 cm³/mol. The standard InChI is InChI=1S/C12H16N4OS/c1-8-11(5-13-7-15-8)12(17)14-4-10-6-18-9(2)16(10)3/h5-7,9H,4H2,1-3H3,(H,14,17). The minimum Gasteiger partial charge on any atom is -0.364 e. The molecule has 1 unspecified atom stereocenters. The summed E-state index contributed by atoms with van der Waals surface area (Å²) in [4.78, 5) is 22.0. The lowest BCUT2D eigenvalue weighted by atomic mass is 10.2. The van der Waals surface area contributed by atoms with E-state index >= 15 is 0 Å². The highest BCUT2D eigenvalue weighted by Crippen LogP contribution is 2.27. The third-order valence-corrected chi connectivity index (χ3v) is 4.10. The Kier molecular flexibility index (Phi) is 3.86. The molecule has 2 rings (SSSR count). The van der Waals surface area contributed by atoms with Crippen LogP contribution < -0.4 is 5.32 Å². The first-order chi connectivity index (χ1) is 8.59. The molecule has 0 fully saturated rings. The SMILES string of the molecule is Cc1ncncc1C(=O)NCC1=CSC(C)N1C. The van der Waals surface area contributed by atoms with Gasteiger partial charge in [-0.25, -0.2) is 9.97 Å². The Labute approximate surface area is 111 Å². The molecule has 1 aliphatic rings. The summed E-state index contributed by atoms with van der Waals surface area (Å²) in [5.74, 6) is -0.132. The molecule has 0 aromatic carbocycles. The topological polar surface area (TPSA) is 58.1 Å². The number of carbonyl (C=O) groups is 1. The Bertz CT molecular complexity index is 489. The number of hydrogen-bond acceptors (Lipinski definition) is 5. The van der Waals surface area contributed by atoms with Crippen molar-refractivity contribution in [3.05, 3.63) is 34.9 Å². The molecule has 0 saturated heterocycles. The van der Waals surface area contributed by atoms with E-state index in [2.05, 4.69) is 32.5 Å². The first kappa shape index (κ1) is 12.9. The minimum atomic E-state index is -0.132. The number of aryl methyl sites for hydroxylation is 1. The number of rotatable bonds is 3. The van der Waals surface area contributed by atoms with Crippen LogP contribution in [-0.2, 0) is 0 Å². The van der Waals surface area contributed by atoms with Gasteiger partial charge in [0.1, 0.15) is 6.33 Å². The number of hydrogen-bond donors (Lipinski definition) is 1. The Hall–Kier alpha value is -1.56. The van der Waals surface area contributed by atoms with Gasteiger partial charge in [-0.2, -0.15) is 0 Å². The summed E-state index contributed by atoms with van der Waals surface area (Å²) in [6.07, 6.45) is 2.99. The Morgan fingerprint density at radius 3 is 3.00 bits per heavy atom. The molecule has 5 nitrogen and oxygen atoms in total. The van der Waals surface area contributed by atoms with Crippen molar-refractivity contribution in [3.63, 3.8) is 0 Å². The summed E-state index contributed by atoms with van der Waals surface area (Å²) >= 11 is 1.75. The van der Waals surface area contributed by atoms with E-state index in [1.54, 1.807) is 24.9 Å². The maximum atomic E-state index is 12.0. The molecule has 0 radical (unpaired) electrons. The van der Waals surface area contributed by atoms with Crippen molar-refractivity contribution in [1.29, 1.82) is 0 Å². The summed E-state index contributed by atoms with van der Waals surface area (Å²) in [6.45, 7) is 4.46. The van der Waals surface area contributed by atoms with Gasteiger partial charge in [-0.05, 0) is 19.3 Å². The molecule has 1 amide bonds. The molecule has 1 atom stereocenters. The van der Waals surface area contributed by atoms with Crippen molar-refractivity contribution in [2.24, 2.45) is 0 Å². The smallest absolute Gasteiger partial charge is 0.255 e. The molecule has 96 valence electrons. The van der Waals surface area contributed by atoms with Gasteiger partial charge in [0.25, 0.3) is 5.91 Å². The number of thioether (sulfide) groups is 1. The molecule has 0 spiro atoms. The van der Waals surface area contributed by atoms with Gasteiger partial charge >= 0.3 is 0 Å². The molecular weight excluding hydrogens is 248 g/mol. The Morgan fingerprint density at radius 2 is 2.39 bits per heavy atom. The van der Waals surface area contributed by atoms with Crippen molar-refractivity contribution in [3.8, 4) is 0 Å². The van der Waals surface area contributed by atoms with Crippen LogP contribution in [-0.4, -0.2) is 39.7 Å². The van der Waals surface area contributed by atoms with Crippen LogP contribution in [0.5, 0.6) is 0 Å². The summed E-state index contributed by atoms with van der Waals surface area (Å²) in [5, 5.41) is 5.40. The molecule has 18 heavy (non-hydrogen) atoms. The van der Waals surface area contributed by atoms with Crippen LogP contribution in [0.4, 0.5) is 0 Å². The third kappa shape index (κ3) is 2.64. The number of nitrogens with one attached hydrogen (secondary N) is 1. The minimum absolute atomic E-state index is 0.132. The fourth-order valence-corrected chi connectivity index (χ4v) is 2.55. The number of nitrogens with zero attached hydrogens (tertiary/aromatic N) is 3. The average Bonchev–Trinajstić information content (AvgIpc) is 2.68. The molecule has 1 aromatic heterocycles. The molecule has 1 aromatic rings. The van der Waals surface area contributed by atoms with Crippen LogP contribution in [0, 0.1) is 6.92 Å². The van der Waals surface area contributed by atoms with E-state index < -0.39 is 0 Å². The van der Waals surface area contributed by atoms with Crippen molar-refractivity contribution >= 4 is 17.7 Å². The van der Waals surface area contributed by atoms with Crippen LogP contribution in [0.3, 0.4) is 0 Å². The number of amides is 1. The largest absolute Gasteiger partial charge is 0.364 e. The van der Waals surface area contributed by atoms with E-state index in [0.717, 1.165) is 5.70 Å². The molecule has 1 N–H and O–H groups in total. The van der Waals surface area contributed by atoms with Crippen molar-refractivity contribution in [2.45, 2.75) is 19.2 Å². The van der Waals surface area contributed by atoms with Crippen molar-refractivity contribution in [1.82, 2.24) is 20.2 Å². The van der Waals surface area contributed by atoms with Crippen molar-refractivity contribution < 1.29 is 4.79 Å². The van der Waals surface area contributed by atoms with Gasteiger partial charge in [0.2, 0.25) is 0 Å². The quantitative estimate of drug-likeness (QED) is 0.894. The Balaban J connectivity index is 1.96. The zero-order chi connectivity index (χ0) is 13.1. The lowest BCUT2D eigenvalue weighted by molar-refractivity contribution is 0.0953. The molecular formula is C12H16N4OS. The Morgan fingerprint density at radius 1 is 1.61 bits per heavy atom. The number of carbonyl (C=O) groups excluding carboxylic acids is 1. The van der Waals surface area contributed by atoms with E-state index in [1.165, 1.54) is 6.33 Å². The summed E-state index contributed by atoms with van der Waals surface area (Å²) in [5.41, 5.74) is 2.34. The van der Waals surface area contributed by atoms with Gasteiger partial charge in [-0.15, -0.1) is 11.8 Å². The first-order valence-corrected chi connectivity index (χ1v) is 6.66. The second kappa shape index (κ2) is 5.39. The number of likely N-dealkylation sites (N-methyl/N-ethyl adjacent to an activating group) is 1. The second-order valence-electron chi connectivity index (χ2n) is 4.16. The normalized spacial score (nSPS) is 18.7. The maximum Gasteiger partial charge on any atom is 0.255 e. The van der Waals surface area contributed by atoms with E-state index in [0.29, 0.717) is 23.2 Å². The average molecular weight is 264 g/mol. The van der Waals surface area contributed by atoms with Crippen molar-refractivity contribution in [2.75, 3.05) is 13.6 Å². The third-order valence-electron chi connectivity index (χ3n) is 2.99. The zero-order valence-corrected chi connectivity index (χ0v) is 11.5. The summed E-state index contributed by atoms with van der Waals surface area (Å²) in [6, 6.07) is 0. The highest BCUT2D eigenvalue weighted by atomic mass is 32.2. The van der Waals surface area contributed by atoms with Crippen LogP contribution in [0.2, 0.25) is 0 Å². The van der Waals surface area contributed by atoms with E-state index in [9.17, 15) is 4.79 Å². The predicted octanol–water partition coefficient (Wildman–Crippen LogP) is 1.38. The second-order valence-corrected chi connectivity index (χ2v) is 5.35. The van der Waals surface area contributed by atoms with Crippen LogP contribution in [0.25, 0.3) is 0 Å². The monoisotopic (exact) mass is 264 g/mol. The molecule has 0 saturated carbocycles. The maximum absolute atomic E-state index is 12.0. The molecule has 0 aliphatic carbocycles. The zero-order valence-electron chi connectivity index (χ0n) is 10.7. The highest BCUT2D eigenvalue weighted by molar-refractivity contribution is 8.02. The van der Waals surface area contributed by atoms with E-state index in [4.69, 9.17) is 0 Å². The fourth-order valence-electron chi connectivity index (χ4n) is 1.63. The molecule has 6 heteroatoms. The molecule has 2 heterocycles. The van der Waals surface area contributed by atoms with Crippen LogP contribution >= 0.6 is 11.8 Å². The lowest BCUT2D eigenvalue weighted by Crippen LogP contribution is -2.32. The van der Waals surface area contributed by atoms with Gasteiger partial charge in [-0.3, -0.25) is 4.79 Å². The number of aromatic nitrogens is 2. The van der Waals surface area contributed by atoms with Gasteiger partial charge in [-0.1, -0.05) is 0 Å². The lowest BCUT2D eigenvalue weighted by Gasteiger charge is -2.21. The van der Waals surface area contributed by atoms with Gasteiger partial charge in [0.05, 0.1) is 23.2 Å². The molecule has 0 bridgehead atoms. The van der Waals surface area contributed by atoms with E-state index in [1.807, 2.05) is 7.05 Å². The summed E-state index contributed by atoms with van der Waals surface area (Å²) < 4.78 is 0. The van der Waals surface area contributed by atoms with Gasteiger partial charge < -0.3 is 10.2 Å². The first-order valence-electron chi connectivity index (χ1n) is 5.71. The highest BCUT2D eigenvalue weighted by Gasteiger charge is 2.19. The van der Waals surface area contributed by atoms with Gasteiger partial charge in [0.15, 0.2) is 0 Å². The summed E-state index contributed by atoms with van der Waals surface area (Å²) in [7, 11) is 2.03. The fraction of sp³-hybridized carbons (Fsp3) is 0.417. The molecule has 1 aliphatic heterocycles. The van der Waals surface area contributed by atoms with Crippen LogP contribution in [0.1, 0.15) is 23.0 Å². The van der Waals surface area contributed by atoms with Crippen LogP contribution in [0.15, 0.2) is 23.6 Å². The van der Waals surface area contributed by atoms with E-state index in [-0.39, 0.29) is 5.91 Å².